The number of hydrogen-bond donors (Lipinski definition) is 1. The van der Waals surface area contributed by atoms with Crippen LogP contribution in [0.3, 0.4) is 0 Å². The summed E-state index contributed by atoms with van der Waals surface area (Å²) in [4.78, 5) is 0.185. The van der Waals surface area contributed by atoms with E-state index in [1.165, 1.54) is 7.11 Å². The number of nitrogens with zero attached hydrogens (tertiary/aromatic N) is 2. The van der Waals surface area contributed by atoms with Crippen LogP contribution < -0.4 is 4.72 Å². The largest absolute Gasteiger partial charge is 0.382 e. The molecule has 1 aromatic heterocycles. The standard InChI is InChI=1S/C15H21N3O4S/c1-15(22-3,12-21-2)11-17-23(19,20)14-7-5-13(6-8-14)18-10-4-9-16-18/h4-10,17H,11-12H2,1-3H3. The van der Waals surface area contributed by atoms with Crippen LogP contribution in [0.25, 0.3) is 5.69 Å². The fourth-order valence-electron chi connectivity index (χ4n) is 2.02. The molecule has 0 amide bonds. The predicted molar refractivity (Wildman–Crippen MR) is 86.0 cm³/mol. The Hall–Kier alpha value is -1.74. The van der Waals surface area contributed by atoms with Crippen LogP contribution >= 0.6 is 0 Å². The van der Waals surface area contributed by atoms with Crippen LogP contribution in [-0.4, -0.2) is 51.2 Å². The second-order valence-corrected chi connectivity index (χ2v) is 7.12. The molecule has 0 bridgehead atoms. The third-order valence-electron chi connectivity index (χ3n) is 3.49. The first-order valence-electron chi connectivity index (χ1n) is 7.04. The number of methoxy groups -OCH3 is 2. The van der Waals surface area contributed by atoms with Gasteiger partial charge in [0.25, 0.3) is 0 Å². The molecular weight excluding hydrogens is 318 g/mol. The van der Waals surface area contributed by atoms with Crippen molar-refractivity contribution < 1.29 is 17.9 Å². The van der Waals surface area contributed by atoms with E-state index in [9.17, 15) is 8.42 Å². The lowest BCUT2D eigenvalue weighted by atomic mass is 10.1. The Bertz CT molecular complexity index is 714. The lowest BCUT2D eigenvalue weighted by molar-refractivity contribution is -0.0460. The highest BCUT2D eigenvalue weighted by atomic mass is 32.2. The van der Waals surface area contributed by atoms with E-state index < -0.39 is 15.6 Å². The summed E-state index contributed by atoms with van der Waals surface area (Å²) in [6, 6.07) is 8.28. The van der Waals surface area contributed by atoms with Crippen LogP contribution in [-0.2, 0) is 19.5 Å². The number of rotatable bonds is 8. The van der Waals surface area contributed by atoms with Crippen molar-refractivity contribution in [1.82, 2.24) is 14.5 Å². The molecule has 1 unspecified atom stereocenters. The lowest BCUT2D eigenvalue weighted by Gasteiger charge is -2.27. The van der Waals surface area contributed by atoms with Gasteiger partial charge in [0.15, 0.2) is 0 Å². The molecule has 2 rings (SSSR count). The van der Waals surface area contributed by atoms with Crippen molar-refractivity contribution in [3.8, 4) is 5.69 Å². The van der Waals surface area contributed by atoms with E-state index in [0.717, 1.165) is 5.69 Å². The minimum Gasteiger partial charge on any atom is -0.382 e. The van der Waals surface area contributed by atoms with E-state index in [4.69, 9.17) is 9.47 Å². The maximum atomic E-state index is 12.4. The van der Waals surface area contributed by atoms with Gasteiger partial charge in [-0.1, -0.05) is 0 Å². The summed E-state index contributed by atoms with van der Waals surface area (Å²) in [5.74, 6) is 0. The molecule has 7 nitrogen and oxygen atoms in total. The van der Waals surface area contributed by atoms with Crippen LogP contribution in [0.4, 0.5) is 0 Å². The van der Waals surface area contributed by atoms with Gasteiger partial charge >= 0.3 is 0 Å². The quantitative estimate of drug-likeness (QED) is 0.781. The van der Waals surface area contributed by atoms with Gasteiger partial charge in [0.2, 0.25) is 10.0 Å². The zero-order valence-electron chi connectivity index (χ0n) is 13.4. The van der Waals surface area contributed by atoms with Crippen molar-refractivity contribution in [3.05, 3.63) is 42.7 Å². The van der Waals surface area contributed by atoms with E-state index >= 15 is 0 Å². The monoisotopic (exact) mass is 339 g/mol. The van der Waals surface area contributed by atoms with Crippen molar-refractivity contribution in [1.29, 1.82) is 0 Å². The van der Waals surface area contributed by atoms with Gasteiger partial charge in [0, 0.05) is 33.2 Å². The summed E-state index contributed by atoms with van der Waals surface area (Å²) in [7, 11) is -0.561. The topological polar surface area (TPSA) is 82.5 Å². The molecule has 23 heavy (non-hydrogen) atoms. The Kier molecular flexibility index (Phi) is 5.53. The molecule has 1 heterocycles. The predicted octanol–water partition coefficient (Wildman–Crippen LogP) is 1.20. The molecule has 0 saturated heterocycles. The Morgan fingerprint density at radius 1 is 1.26 bits per heavy atom. The zero-order valence-corrected chi connectivity index (χ0v) is 14.2. The van der Waals surface area contributed by atoms with E-state index in [1.807, 2.05) is 0 Å². The molecule has 0 aliphatic carbocycles. The summed E-state index contributed by atoms with van der Waals surface area (Å²) in [6.45, 7) is 2.17. The van der Waals surface area contributed by atoms with Gasteiger partial charge < -0.3 is 9.47 Å². The maximum Gasteiger partial charge on any atom is 0.240 e. The van der Waals surface area contributed by atoms with Crippen LogP contribution in [0.15, 0.2) is 47.6 Å². The average molecular weight is 339 g/mol. The zero-order chi connectivity index (χ0) is 16.9. The van der Waals surface area contributed by atoms with E-state index in [-0.39, 0.29) is 18.0 Å². The molecule has 0 aliphatic rings. The second kappa shape index (κ2) is 7.22. The summed E-state index contributed by atoms with van der Waals surface area (Å²) in [5, 5.41) is 4.10. The van der Waals surface area contributed by atoms with Gasteiger partial charge in [0.1, 0.15) is 5.60 Å². The summed E-state index contributed by atoms with van der Waals surface area (Å²) in [6.07, 6.45) is 3.45. The molecule has 0 fully saturated rings. The van der Waals surface area contributed by atoms with Crippen molar-refractivity contribution in [2.45, 2.75) is 17.4 Å². The van der Waals surface area contributed by atoms with E-state index in [0.29, 0.717) is 0 Å². The highest BCUT2D eigenvalue weighted by Gasteiger charge is 2.26. The number of nitrogens with one attached hydrogen (secondary N) is 1. The van der Waals surface area contributed by atoms with Crippen LogP contribution in [0.5, 0.6) is 0 Å². The number of sulfonamides is 1. The first kappa shape index (κ1) is 17.6. The molecule has 126 valence electrons. The summed E-state index contributed by atoms with van der Waals surface area (Å²) >= 11 is 0. The molecule has 2 aromatic rings. The molecular formula is C15H21N3O4S. The number of benzene rings is 1. The average Bonchev–Trinajstić information content (AvgIpc) is 3.08. The molecule has 0 saturated carbocycles. The number of hydrogen-bond acceptors (Lipinski definition) is 5. The van der Waals surface area contributed by atoms with Gasteiger partial charge in [-0.3, -0.25) is 0 Å². The van der Waals surface area contributed by atoms with Crippen LogP contribution in [0.1, 0.15) is 6.92 Å². The number of ether oxygens (including phenoxy) is 2. The van der Waals surface area contributed by atoms with Gasteiger partial charge in [0.05, 0.1) is 17.2 Å². The van der Waals surface area contributed by atoms with Crippen LogP contribution in [0, 0.1) is 0 Å². The van der Waals surface area contributed by atoms with Gasteiger partial charge in [-0.2, -0.15) is 5.10 Å². The smallest absolute Gasteiger partial charge is 0.240 e. The highest BCUT2D eigenvalue weighted by molar-refractivity contribution is 7.89. The molecule has 0 radical (unpaired) electrons. The van der Waals surface area contributed by atoms with Crippen molar-refractivity contribution in [3.63, 3.8) is 0 Å². The normalized spacial score (nSPS) is 14.6. The van der Waals surface area contributed by atoms with E-state index in [2.05, 4.69) is 9.82 Å². The third kappa shape index (κ3) is 4.38. The Morgan fingerprint density at radius 2 is 1.96 bits per heavy atom. The minimum absolute atomic E-state index is 0.112. The maximum absolute atomic E-state index is 12.4. The fraction of sp³-hybridized carbons (Fsp3) is 0.400. The highest BCUT2D eigenvalue weighted by Crippen LogP contribution is 2.15. The summed E-state index contributed by atoms with van der Waals surface area (Å²) in [5.41, 5.74) is 0.0617. The van der Waals surface area contributed by atoms with Crippen molar-refractivity contribution >= 4 is 10.0 Å². The van der Waals surface area contributed by atoms with Crippen molar-refractivity contribution in [2.24, 2.45) is 0 Å². The van der Waals surface area contributed by atoms with Gasteiger partial charge in [-0.15, -0.1) is 0 Å². The van der Waals surface area contributed by atoms with Gasteiger partial charge in [-0.05, 0) is 37.3 Å². The molecule has 0 spiro atoms. The first-order valence-corrected chi connectivity index (χ1v) is 8.52. The molecule has 1 aromatic carbocycles. The second-order valence-electron chi connectivity index (χ2n) is 5.36. The van der Waals surface area contributed by atoms with Crippen molar-refractivity contribution in [2.75, 3.05) is 27.4 Å². The van der Waals surface area contributed by atoms with E-state index in [1.54, 1.807) is 61.4 Å². The van der Waals surface area contributed by atoms with Crippen LogP contribution in [0.2, 0.25) is 0 Å². The minimum atomic E-state index is -3.62. The summed E-state index contributed by atoms with van der Waals surface area (Å²) < 4.78 is 39.3. The fourth-order valence-corrected chi connectivity index (χ4v) is 3.17. The molecule has 1 atom stereocenters. The first-order chi connectivity index (χ1) is 10.9. The molecule has 8 heteroatoms. The SMILES string of the molecule is COCC(C)(CNS(=O)(=O)c1ccc(-n2cccn2)cc1)OC. The number of aromatic nitrogens is 2. The third-order valence-corrected chi connectivity index (χ3v) is 4.91. The Morgan fingerprint density at radius 3 is 2.48 bits per heavy atom. The lowest BCUT2D eigenvalue weighted by Crippen LogP contribution is -2.45. The molecule has 1 N–H and O–H groups in total. The van der Waals surface area contributed by atoms with Gasteiger partial charge in [-0.25, -0.2) is 17.8 Å². The Balaban J connectivity index is 2.10. The molecule has 0 aliphatic heterocycles. The Labute approximate surface area is 136 Å².